The summed E-state index contributed by atoms with van der Waals surface area (Å²) in [4.78, 5) is 50.7. The number of hydrogen-bond donors (Lipinski definition) is 3. The second-order valence-electron chi connectivity index (χ2n) is 16.6. The first-order valence-electron chi connectivity index (χ1n) is 19.9. The van der Waals surface area contributed by atoms with Crippen molar-refractivity contribution in [3.63, 3.8) is 0 Å². The van der Waals surface area contributed by atoms with Gasteiger partial charge in [0.1, 0.15) is 34.8 Å². The number of ether oxygens (including phenoxy) is 2. The van der Waals surface area contributed by atoms with Gasteiger partial charge in [-0.05, 0) is 115 Å². The predicted octanol–water partition coefficient (Wildman–Crippen LogP) is 6.81. The summed E-state index contributed by atoms with van der Waals surface area (Å²) in [6, 6.07) is 15.0. The third kappa shape index (κ3) is 11.8. The number of aliphatic hydroxyl groups excluding tert-OH is 1. The van der Waals surface area contributed by atoms with Gasteiger partial charge in [0, 0.05) is 54.9 Å². The summed E-state index contributed by atoms with van der Waals surface area (Å²) in [6.45, 7) is 7.43. The van der Waals surface area contributed by atoms with E-state index in [-0.39, 0.29) is 29.4 Å². The van der Waals surface area contributed by atoms with E-state index in [0.29, 0.717) is 43.1 Å². The average Bonchev–Trinajstić information content (AvgIpc) is 3.54. The summed E-state index contributed by atoms with van der Waals surface area (Å²) in [6.07, 6.45) is 2.83. The van der Waals surface area contributed by atoms with Gasteiger partial charge in [0.05, 0.1) is 36.6 Å². The van der Waals surface area contributed by atoms with Gasteiger partial charge < -0.3 is 44.5 Å². The first-order chi connectivity index (χ1) is 28.3. The van der Waals surface area contributed by atoms with E-state index in [0.717, 1.165) is 22.6 Å². The van der Waals surface area contributed by atoms with E-state index in [4.69, 9.17) is 32.7 Å². The molecule has 0 saturated carbocycles. The molecule has 3 N–H and O–H groups in total. The number of amides is 3. The minimum absolute atomic E-state index is 0.128. The molecule has 3 aromatic carbocycles. The quantitative estimate of drug-likeness (QED) is 0.118. The summed E-state index contributed by atoms with van der Waals surface area (Å²) < 4.78 is 29.3. The third-order valence-corrected chi connectivity index (χ3v) is 11.0. The number of benzene rings is 3. The molecule has 13 nitrogen and oxygen atoms in total. The molecule has 0 radical (unpaired) electrons. The van der Waals surface area contributed by atoms with Crippen LogP contribution < -0.4 is 15.4 Å². The third-order valence-electron chi connectivity index (χ3n) is 10.5. The van der Waals surface area contributed by atoms with E-state index in [9.17, 15) is 19.5 Å². The van der Waals surface area contributed by atoms with Crippen molar-refractivity contribution in [1.29, 1.82) is 0 Å². The largest absolute Gasteiger partial charge is 0.457 e. The summed E-state index contributed by atoms with van der Waals surface area (Å²) in [7, 11) is 7.54. The normalized spacial score (nSPS) is 16.6. The number of aliphatic hydroxyl groups is 1. The Morgan fingerprint density at radius 3 is 2.35 bits per heavy atom. The lowest BCUT2D eigenvalue weighted by atomic mass is 9.81. The Balaban J connectivity index is 1.27. The Kier molecular flexibility index (Phi) is 15.3. The van der Waals surface area contributed by atoms with Crippen LogP contribution in [-0.2, 0) is 40.9 Å². The smallest absolute Gasteiger partial charge is 0.410 e. The number of aromatic nitrogens is 2. The first-order valence-corrected chi connectivity index (χ1v) is 20.6. The molecule has 16 heteroatoms. The fraction of sp³-hybridized carbons (Fsp3) is 0.455. The molecule has 1 saturated heterocycles. The molecule has 1 fully saturated rings. The highest BCUT2D eigenvalue weighted by Crippen LogP contribution is 2.34. The van der Waals surface area contributed by atoms with Gasteiger partial charge >= 0.3 is 6.09 Å². The van der Waals surface area contributed by atoms with Gasteiger partial charge in [0.25, 0.3) is 0 Å². The standard InChI is InChI=1S/C44H56Cl2FN7O6/c1-28(48-23-34-35(47)20-32(46)21-38(34)59-33-16-12-30(13-17-33)37-24-49-39(52(37)7)25-51(5)6)40(56)50-36(26-55)41(57)53(8)44(22-29-10-14-31(45)15-11-29)18-9-19-54(27-44)42(58)60-43(2,3)4/h10-17,20-21,24,28,36,48,55H,9,18-19,22-23,25-27H2,1-8H3,(H,50,56)/t28-,36-,44+/m0/s1. The van der Waals surface area contributed by atoms with Crippen LogP contribution in [0.2, 0.25) is 10.0 Å². The maximum Gasteiger partial charge on any atom is 0.410 e. The summed E-state index contributed by atoms with van der Waals surface area (Å²) in [5.74, 6) is -0.259. The van der Waals surface area contributed by atoms with Crippen LogP contribution in [0.3, 0.4) is 0 Å². The number of likely N-dealkylation sites (tertiary alicyclic amines) is 1. The van der Waals surface area contributed by atoms with Crippen molar-refractivity contribution in [2.75, 3.05) is 40.8 Å². The van der Waals surface area contributed by atoms with Crippen molar-refractivity contribution < 1.29 is 33.4 Å². The zero-order valence-corrected chi connectivity index (χ0v) is 37.0. The SMILES string of the molecule is C[C@H](NCc1c(F)cc(Cl)cc1Oc1ccc(-c2cnc(CN(C)C)n2C)cc1)C(=O)N[C@@H](CO)C(=O)N(C)[C@@]1(Cc2ccc(Cl)cc2)CCCN(C(=O)OC(C)(C)C)C1. The van der Waals surface area contributed by atoms with Crippen LogP contribution in [0, 0.1) is 5.82 Å². The van der Waals surface area contributed by atoms with Crippen molar-refractivity contribution in [2.24, 2.45) is 7.05 Å². The van der Waals surface area contributed by atoms with Crippen LogP contribution >= 0.6 is 23.2 Å². The van der Waals surface area contributed by atoms with Crippen molar-refractivity contribution in [2.45, 2.75) is 83.3 Å². The Bertz CT molecular complexity index is 2130. The molecule has 0 spiro atoms. The zero-order valence-electron chi connectivity index (χ0n) is 35.5. The molecule has 3 amide bonds. The molecule has 4 aromatic rings. The van der Waals surface area contributed by atoms with Gasteiger partial charge in [0.15, 0.2) is 0 Å². The number of rotatable bonds is 15. The molecule has 2 heterocycles. The predicted molar refractivity (Wildman–Crippen MR) is 231 cm³/mol. The van der Waals surface area contributed by atoms with Gasteiger partial charge in [-0.1, -0.05) is 35.3 Å². The number of carbonyl (C=O) groups is 3. The Labute approximate surface area is 361 Å². The molecule has 1 aromatic heterocycles. The van der Waals surface area contributed by atoms with Gasteiger partial charge in [0.2, 0.25) is 11.8 Å². The number of imidazole rings is 1. The second-order valence-corrected chi connectivity index (χ2v) is 17.5. The highest BCUT2D eigenvalue weighted by atomic mass is 35.5. The number of nitrogens with zero attached hydrogens (tertiary/aromatic N) is 5. The van der Waals surface area contributed by atoms with Crippen LogP contribution in [0.5, 0.6) is 11.5 Å². The average molecular weight is 869 g/mol. The molecule has 324 valence electrons. The fourth-order valence-electron chi connectivity index (χ4n) is 7.22. The van der Waals surface area contributed by atoms with Crippen LogP contribution in [0.25, 0.3) is 11.3 Å². The van der Waals surface area contributed by atoms with Crippen molar-refractivity contribution >= 4 is 41.1 Å². The van der Waals surface area contributed by atoms with E-state index in [2.05, 4.69) is 15.6 Å². The number of halogens is 3. The maximum atomic E-state index is 15.5. The number of likely N-dealkylation sites (N-methyl/N-ethyl adjacent to an activating group) is 1. The first kappa shape index (κ1) is 46.3. The Morgan fingerprint density at radius 2 is 1.72 bits per heavy atom. The topological polar surface area (TPSA) is 141 Å². The van der Waals surface area contributed by atoms with Crippen LogP contribution in [-0.4, -0.2) is 111 Å². The minimum Gasteiger partial charge on any atom is -0.457 e. The van der Waals surface area contributed by atoms with E-state index in [1.165, 1.54) is 17.0 Å². The van der Waals surface area contributed by atoms with Gasteiger partial charge in [-0.3, -0.25) is 9.59 Å². The van der Waals surface area contributed by atoms with Crippen molar-refractivity contribution in [3.05, 3.63) is 99.7 Å². The highest BCUT2D eigenvalue weighted by Gasteiger charge is 2.45. The highest BCUT2D eigenvalue weighted by molar-refractivity contribution is 6.31. The maximum absolute atomic E-state index is 15.5. The Hall–Kier alpha value is -4.73. The molecule has 0 unspecified atom stereocenters. The van der Waals surface area contributed by atoms with E-state index < -0.39 is 53.6 Å². The monoisotopic (exact) mass is 867 g/mol. The number of nitrogens with one attached hydrogen (secondary N) is 2. The molecule has 5 rings (SSSR count). The molecule has 1 aliphatic rings. The fourth-order valence-corrected chi connectivity index (χ4v) is 7.54. The molecule has 3 atom stereocenters. The van der Waals surface area contributed by atoms with Crippen LogP contribution in [0.15, 0.2) is 66.9 Å². The zero-order chi connectivity index (χ0) is 43.9. The second kappa shape index (κ2) is 19.8. The summed E-state index contributed by atoms with van der Waals surface area (Å²) in [5.41, 5.74) is 1.25. The van der Waals surface area contributed by atoms with Gasteiger partial charge in [-0.2, -0.15) is 0 Å². The lowest BCUT2D eigenvalue weighted by Gasteiger charge is -2.49. The summed E-state index contributed by atoms with van der Waals surface area (Å²) >= 11 is 12.4. The van der Waals surface area contributed by atoms with Crippen LogP contribution in [0.4, 0.5) is 9.18 Å². The molecular weight excluding hydrogens is 812 g/mol. The van der Waals surface area contributed by atoms with Gasteiger partial charge in [-0.25, -0.2) is 14.2 Å². The Morgan fingerprint density at radius 1 is 1.03 bits per heavy atom. The van der Waals surface area contributed by atoms with Crippen molar-refractivity contribution in [1.82, 2.24) is 34.9 Å². The molecule has 60 heavy (non-hydrogen) atoms. The number of carbonyl (C=O) groups excluding carboxylic acids is 3. The molecule has 1 aliphatic heterocycles. The van der Waals surface area contributed by atoms with Crippen molar-refractivity contribution in [3.8, 4) is 22.8 Å². The van der Waals surface area contributed by atoms with Crippen LogP contribution in [0.1, 0.15) is 57.5 Å². The molecule has 0 bridgehead atoms. The minimum atomic E-state index is -1.31. The number of hydrogen-bond acceptors (Lipinski definition) is 9. The van der Waals surface area contributed by atoms with E-state index in [1.54, 1.807) is 63.9 Å². The van der Waals surface area contributed by atoms with E-state index in [1.807, 2.05) is 61.1 Å². The molecular formula is C44H56Cl2FN7O6. The van der Waals surface area contributed by atoms with Gasteiger partial charge in [-0.15, -0.1) is 0 Å². The lowest BCUT2D eigenvalue weighted by Crippen LogP contribution is -2.65. The summed E-state index contributed by atoms with van der Waals surface area (Å²) in [5, 5.41) is 16.8. The number of piperidine rings is 1. The van der Waals surface area contributed by atoms with E-state index >= 15 is 4.39 Å². The lowest BCUT2D eigenvalue weighted by molar-refractivity contribution is -0.143. The molecule has 0 aliphatic carbocycles.